The summed E-state index contributed by atoms with van der Waals surface area (Å²) in [5.41, 5.74) is 0.632. The molecule has 1 rings (SSSR count). The van der Waals surface area contributed by atoms with E-state index in [-0.39, 0.29) is 6.61 Å². The molecule has 0 spiro atoms. The Morgan fingerprint density at radius 2 is 1.89 bits per heavy atom. The third-order valence-corrected chi connectivity index (χ3v) is 3.07. The third kappa shape index (κ3) is 3.95. The molecule has 0 aliphatic carbocycles. The highest BCUT2D eigenvalue weighted by Gasteiger charge is 2.18. The molecule has 0 saturated carbocycles. The summed E-state index contributed by atoms with van der Waals surface area (Å²) in [5, 5.41) is 9.16. The normalized spacial score (nSPS) is 11.3. The molecule has 0 radical (unpaired) electrons. The van der Waals surface area contributed by atoms with Crippen molar-refractivity contribution >= 4 is 5.82 Å². The van der Waals surface area contributed by atoms with E-state index in [9.17, 15) is 0 Å². The first-order chi connectivity index (χ1) is 8.62. The number of rotatable bonds is 7. The molecule has 0 fully saturated rings. The first-order valence-corrected chi connectivity index (χ1v) is 6.80. The lowest BCUT2D eigenvalue weighted by Crippen LogP contribution is -2.38. The first kappa shape index (κ1) is 14.9. The van der Waals surface area contributed by atoms with Gasteiger partial charge in [-0.15, -0.1) is 0 Å². The number of hydrogen-bond acceptors (Lipinski definition) is 4. The van der Waals surface area contributed by atoms with Gasteiger partial charge in [-0.25, -0.2) is 4.98 Å². The number of aliphatic hydroxyl groups is 1. The molecule has 0 amide bonds. The zero-order valence-corrected chi connectivity index (χ0v) is 11.9. The highest BCUT2D eigenvalue weighted by atomic mass is 16.3. The van der Waals surface area contributed by atoms with Gasteiger partial charge in [0, 0.05) is 12.6 Å². The monoisotopic (exact) mass is 251 g/mol. The van der Waals surface area contributed by atoms with Crippen molar-refractivity contribution in [2.75, 3.05) is 11.4 Å². The summed E-state index contributed by atoms with van der Waals surface area (Å²) in [7, 11) is 0. The molecule has 0 unspecified atom stereocenters. The Hall–Kier alpha value is -1.16. The highest BCUT2D eigenvalue weighted by molar-refractivity contribution is 5.38. The Balaban J connectivity index is 2.99. The van der Waals surface area contributed by atoms with Crippen LogP contribution in [0.2, 0.25) is 0 Å². The van der Waals surface area contributed by atoms with Crippen LogP contribution in [-0.2, 0) is 6.61 Å². The van der Waals surface area contributed by atoms with Crippen LogP contribution < -0.4 is 4.90 Å². The number of hydrogen-bond donors (Lipinski definition) is 1. The Kier molecular flexibility index (Phi) is 6.05. The minimum absolute atomic E-state index is 0.0563. The van der Waals surface area contributed by atoms with Gasteiger partial charge in [0.1, 0.15) is 5.82 Å². The lowest BCUT2D eigenvalue weighted by Gasteiger charge is -2.33. The van der Waals surface area contributed by atoms with Crippen LogP contribution in [0.1, 0.15) is 46.2 Å². The topological polar surface area (TPSA) is 49.2 Å². The zero-order valence-electron chi connectivity index (χ0n) is 11.9. The summed E-state index contributed by atoms with van der Waals surface area (Å²) in [5.74, 6) is 1.45. The summed E-state index contributed by atoms with van der Waals surface area (Å²) in [6.45, 7) is 9.72. The average molecular weight is 251 g/mol. The van der Waals surface area contributed by atoms with Crippen LogP contribution in [0.25, 0.3) is 0 Å². The number of nitrogens with zero attached hydrogens (tertiary/aromatic N) is 3. The molecule has 0 atom stereocenters. The lowest BCUT2D eigenvalue weighted by molar-refractivity contribution is 0.276. The van der Waals surface area contributed by atoms with Crippen molar-refractivity contribution in [2.45, 2.75) is 53.2 Å². The van der Waals surface area contributed by atoms with Crippen molar-refractivity contribution in [3.05, 3.63) is 18.1 Å². The van der Waals surface area contributed by atoms with Crippen LogP contribution in [0.5, 0.6) is 0 Å². The predicted molar refractivity (Wildman–Crippen MR) is 74.5 cm³/mol. The quantitative estimate of drug-likeness (QED) is 0.809. The molecule has 0 aliphatic heterocycles. The largest absolute Gasteiger partial charge is 0.390 e. The van der Waals surface area contributed by atoms with Crippen LogP contribution in [0.4, 0.5) is 5.82 Å². The molecule has 102 valence electrons. The maximum Gasteiger partial charge on any atom is 0.147 e. The van der Waals surface area contributed by atoms with Gasteiger partial charge in [0.15, 0.2) is 0 Å². The fraction of sp³-hybridized carbons (Fsp3) is 0.714. The minimum Gasteiger partial charge on any atom is -0.390 e. The van der Waals surface area contributed by atoms with Gasteiger partial charge in [-0.05, 0) is 18.8 Å². The van der Waals surface area contributed by atoms with Crippen molar-refractivity contribution in [2.24, 2.45) is 5.92 Å². The molecule has 18 heavy (non-hydrogen) atoms. The molecule has 1 N–H and O–H groups in total. The second-order valence-electron chi connectivity index (χ2n) is 5.04. The standard InChI is InChI=1S/C14H25N3O/c1-5-13(6-2)17(9-11(3)4)14-8-15-7-12(10-18)16-14/h7-8,11,13,18H,5-6,9-10H2,1-4H3. The van der Waals surface area contributed by atoms with E-state index in [0.29, 0.717) is 17.7 Å². The Morgan fingerprint density at radius 3 is 2.39 bits per heavy atom. The van der Waals surface area contributed by atoms with E-state index in [4.69, 9.17) is 5.11 Å². The van der Waals surface area contributed by atoms with Crippen molar-refractivity contribution in [3.8, 4) is 0 Å². The molecule has 0 saturated heterocycles. The first-order valence-electron chi connectivity index (χ1n) is 6.80. The van der Waals surface area contributed by atoms with Crippen LogP contribution in [0.3, 0.4) is 0 Å². The fourth-order valence-corrected chi connectivity index (χ4v) is 2.16. The van der Waals surface area contributed by atoms with Gasteiger partial charge in [-0.2, -0.15) is 0 Å². The Labute approximate surface area is 110 Å². The summed E-state index contributed by atoms with van der Waals surface area (Å²) < 4.78 is 0. The summed E-state index contributed by atoms with van der Waals surface area (Å²) in [6.07, 6.45) is 5.59. The van der Waals surface area contributed by atoms with Gasteiger partial charge in [0.2, 0.25) is 0 Å². The number of anilines is 1. The second-order valence-corrected chi connectivity index (χ2v) is 5.04. The van der Waals surface area contributed by atoms with Crippen molar-refractivity contribution in [1.82, 2.24) is 9.97 Å². The van der Waals surface area contributed by atoms with Gasteiger partial charge in [0.25, 0.3) is 0 Å². The molecule has 4 nitrogen and oxygen atoms in total. The molecule has 0 bridgehead atoms. The fourth-order valence-electron chi connectivity index (χ4n) is 2.16. The smallest absolute Gasteiger partial charge is 0.147 e. The van der Waals surface area contributed by atoms with E-state index in [2.05, 4.69) is 42.6 Å². The summed E-state index contributed by atoms with van der Waals surface area (Å²) >= 11 is 0. The average Bonchev–Trinajstić information content (AvgIpc) is 2.38. The molecule has 1 aromatic rings. The van der Waals surface area contributed by atoms with Gasteiger partial charge in [0.05, 0.1) is 24.7 Å². The van der Waals surface area contributed by atoms with Crippen LogP contribution in [0, 0.1) is 5.92 Å². The van der Waals surface area contributed by atoms with Gasteiger partial charge in [-0.3, -0.25) is 4.98 Å². The minimum atomic E-state index is -0.0563. The molecular formula is C14H25N3O. The summed E-state index contributed by atoms with van der Waals surface area (Å²) in [6, 6.07) is 0.482. The second kappa shape index (κ2) is 7.31. The van der Waals surface area contributed by atoms with Gasteiger partial charge in [-0.1, -0.05) is 27.7 Å². The Morgan fingerprint density at radius 1 is 1.22 bits per heavy atom. The molecule has 0 aromatic carbocycles. The van der Waals surface area contributed by atoms with Crippen LogP contribution in [0.15, 0.2) is 12.4 Å². The van der Waals surface area contributed by atoms with E-state index in [1.807, 2.05) is 0 Å². The molecule has 0 aliphatic rings. The van der Waals surface area contributed by atoms with Gasteiger partial charge < -0.3 is 10.0 Å². The maximum absolute atomic E-state index is 9.16. The molecule has 1 aromatic heterocycles. The molecule has 4 heteroatoms. The number of aromatic nitrogens is 2. The van der Waals surface area contributed by atoms with Gasteiger partial charge >= 0.3 is 0 Å². The third-order valence-electron chi connectivity index (χ3n) is 3.07. The SMILES string of the molecule is CCC(CC)N(CC(C)C)c1cncc(CO)n1. The molecular weight excluding hydrogens is 226 g/mol. The summed E-state index contributed by atoms with van der Waals surface area (Å²) in [4.78, 5) is 11.0. The van der Waals surface area contributed by atoms with Crippen LogP contribution >= 0.6 is 0 Å². The zero-order chi connectivity index (χ0) is 13.5. The predicted octanol–water partition coefficient (Wildman–Crippen LogP) is 2.62. The van der Waals surface area contributed by atoms with E-state index in [1.165, 1.54) is 0 Å². The van der Waals surface area contributed by atoms with Crippen molar-refractivity contribution in [3.63, 3.8) is 0 Å². The lowest BCUT2D eigenvalue weighted by atomic mass is 10.1. The Bertz CT molecular complexity index is 351. The van der Waals surface area contributed by atoms with E-state index >= 15 is 0 Å². The van der Waals surface area contributed by atoms with E-state index in [0.717, 1.165) is 25.2 Å². The van der Waals surface area contributed by atoms with E-state index < -0.39 is 0 Å². The van der Waals surface area contributed by atoms with E-state index in [1.54, 1.807) is 12.4 Å². The van der Waals surface area contributed by atoms with Crippen LogP contribution in [-0.4, -0.2) is 27.7 Å². The van der Waals surface area contributed by atoms with Crippen molar-refractivity contribution in [1.29, 1.82) is 0 Å². The molecule has 1 heterocycles. The van der Waals surface area contributed by atoms with Crippen molar-refractivity contribution < 1.29 is 5.11 Å². The number of aliphatic hydroxyl groups excluding tert-OH is 1. The maximum atomic E-state index is 9.16. The highest BCUT2D eigenvalue weighted by Crippen LogP contribution is 2.19.